The Morgan fingerprint density at radius 1 is 1.45 bits per heavy atom. The summed E-state index contributed by atoms with van der Waals surface area (Å²) in [5.74, 6) is 0.341. The Balaban J connectivity index is 2.22. The summed E-state index contributed by atoms with van der Waals surface area (Å²) in [6, 6.07) is 1.83. The number of urea groups is 1. The van der Waals surface area contributed by atoms with Gasteiger partial charge >= 0.3 is 6.03 Å². The molecular weight excluding hydrogens is 254 g/mol. The maximum Gasteiger partial charge on any atom is 0.314 e. The molecule has 1 aromatic rings. The Kier molecular flexibility index (Phi) is 7.65. The van der Waals surface area contributed by atoms with Crippen LogP contribution in [0.1, 0.15) is 30.9 Å². The molecule has 1 heterocycles. The molecule has 0 aliphatic carbocycles. The highest BCUT2D eigenvalue weighted by Crippen LogP contribution is 2.06. The molecule has 0 saturated heterocycles. The molecule has 1 aromatic heterocycles. The van der Waals surface area contributed by atoms with Crippen molar-refractivity contribution >= 4 is 6.03 Å². The first-order valence-electron chi connectivity index (χ1n) is 7.19. The van der Waals surface area contributed by atoms with Crippen LogP contribution in [0.4, 0.5) is 4.79 Å². The minimum atomic E-state index is -0.145. The van der Waals surface area contributed by atoms with Crippen LogP contribution in [0, 0.1) is 12.8 Å². The number of hydrogen-bond acceptors (Lipinski definition) is 3. The van der Waals surface area contributed by atoms with Gasteiger partial charge in [-0.15, -0.1) is 0 Å². The van der Waals surface area contributed by atoms with Gasteiger partial charge < -0.3 is 15.7 Å². The summed E-state index contributed by atoms with van der Waals surface area (Å²) in [6.07, 6.45) is 6.08. The number of nitrogens with zero attached hydrogens (tertiary/aromatic N) is 1. The third kappa shape index (κ3) is 6.02. The van der Waals surface area contributed by atoms with Crippen molar-refractivity contribution < 1.29 is 9.90 Å². The van der Waals surface area contributed by atoms with Crippen molar-refractivity contribution in [3.63, 3.8) is 0 Å². The van der Waals surface area contributed by atoms with Crippen molar-refractivity contribution in [1.82, 2.24) is 15.6 Å². The standard InChI is InChI=1S/C15H25N3O2/c1-3-13(6-9-19)11-18-15(20)17-8-5-14-4-7-16-10-12(14)2/h4,7,10,13,19H,3,5-6,8-9,11H2,1-2H3,(H2,17,18,20). The fraction of sp³-hybridized carbons (Fsp3) is 0.600. The summed E-state index contributed by atoms with van der Waals surface area (Å²) in [6.45, 7) is 5.46. The second kappa shape index (κ2) is 9.31. The van der Waals surface area contributed by atoms with Gasteiger partial charge in [-0.25, -0.2) is 4.79 Å². The van der Waals surface area contributed by atoms with Crippen molar-refractivity contribution in [3.8, 4) is 0 Å². The molecule has 20 heavy (non-hydrogen) atoms. The minimum absolute atomic E-state index is 0.145. The first-order chi connectivity index (χ1) is 9.67. The van der Waals surface area contributed by atoms with Crippen LogP contribution in [0.25, 0.3) is 0 Å². The minimum Gasteiger partial charge on any atom is -0.396 e. The van der Waals surface area contributed by atoms with Crippen LogP contribution in [0.3, 0.4) is 0 Å². The average Bonchev–Trinajstić information content (AvgIpc) is 2.45. The third-order valence-corrected chi connectivity index (χ3v) is 3.48. The van der Waals surface area contributed by atoms with E-state index in [9.17, 15) is 4.79 Å². The Morgan fingerprint density at radius 2 is 2.25 bits per heavy atom. The van der Waals surface area contributed by atoms with Gasteiger partial charge in [-0.3, -0.25) is 4.98 Å². The number of aliphatic hydroxyl groups excluding tert-OH is 1. The predicted octanol–water partition coefficient (Wildman–Crippen LogP) is 1.64. The van der Waals surface area contributed by atoms with Crippen LogP contribution in [-0.2, 0) is 6.42 Å². The summed E-state index contributed by atoms with van der Waals surface area (Å²) in [5.41, 5.74) is 2.34. The van der Waals surface area contributed by atoms with Crippen molar-refractivity contribution in [2.24, 2.45) is 5.92 Å². The molecule has 112 valence electrons. The number of aryl methyl sites for hydroxylation is 1. The lowest BCUT2D eigenvalue weighted by molar-refractivity contribution is 0.231. The van der Waals surface area contributed by atoms with E-state index < -0.39 is 0 Å². The Morgan fingerprint density at radius 3 is 2.90 bits per heavy atom. The van der Waals surface area contributed by atoms with Crippen LogP contribution in [0.5, 0.6) is 0 Å². The number of rotatable bonds is 8. The van der Waals surface area contributed by atoms with Crippen molar-refractivity contribution in [3.05, 3.63) is 29.6 Å². The predicted molar refractivity (Wildman–Crippen MR) is 79.6 cm³/mol. The number of carbonyl (C=O) groups excluding carboxylic acids is 1. The number of amides is 2. The molecule has 0 spiro atoms. The number of nitrogens with one attached hydrogen (secondary N) is 2. The van der Waals surface area contributed by atoms with Gasteiger partial charge in [0.25, 0.3) is 0 Å². The number of carbonyl (C=O) groups is 1. The highest BCUT2D eigenvalue weighted by molar-refractivity contribution is 5.73. The van der Waals surface area contributed by atoms with E-state index in [0.29, 0.717) is 19.0 Å². The monoisotopic (exact) mass is 279 g/mol. The molecule has 5 nitrogen and oxygen atoms in total. The van der Waals surface area contributed by atoms with E-state index in [4.69, 9.17) is 5.11 Å². The first-order valence-corrected chi connectivity index (χ1v) is 7.19. The maximum atomic E-state index is 11.6. The molecule has 1 unspecified atom stereocenters. The Labute approximate surface area is 120 Å². The average molecular weight is 279 g/mol. The third-order valence-electron chi connectivity index (χ3n) is 3.48. The molecule has 1 atom stereocenters. The van der Waals surface area contributed by atoms with E-state index in [0.717, 1.165) is 24.8 Å². The number of hydrogen-bond donors (Lipinski definition) is 3. The highest BCUT2D eigenvalue weighted by Gasteiger charge is 2.07. The quantitative estimate of drug-likeness (QED) is 0.677. The fourth-order valence-corrected chi connectivity index (χ4v) is 2.03. The van der Waals surface area contributed by atoms with E-state index in [2.05, 4.69) is 22.5 Å². The largest absolute Gasteiger partial charge is 0.396 e. The van der Waals surface area contributed by atoms with Crippen LogP contribution < -0.4 is 10.6 Å². The zero-order valence-corrected chi connectivity index (χ0v) is 12.4. The van der Waals surface area contributed by atoms with Gasteiger partial charge in [0.05, 0.1) is 0 Å². The summed E-state index contributed by atoms with van der Waals surface area (Å²) >= 11 is 0. The molecule has 0 aliphatic rings. The zero-order chi connectivity index (χ0) is 14.8. The lowest BCUT2D eigenvalue weighted by Crippen LogP contribution is -2.39. The Bertz CT molecular complexity index is 410. The van der Waals surface area contributed by atoms with Crippen LogP contribution in [0.15, 0.2) is 18.5 Å². The Hall–Kier alpha value is -1.62. The van der Waals surface area contributed by atoms with Gasteiger partial charge in [0.15, 0.2) is 0 Å². The van der Waals surface area contributed by atoms with E-state index in [1.165, 1.54) is 5.56 Å². The number of aliphatic hydroxyl groups is 1. The lowest BCUT2D eigenvalue weighted by Gasteiger charge is -2.15. The molecule has 0 bridgehead atoms. The van der Waals surface area contributed by atoms with Gasteiger partial charge in [0.2, 0.25) is 0 Å². The van der Waals surface area contributed by atoms with E-state index in [-0.39, 0.29) is 12.6 Å². The van der Waals surface area contributed by atoms with Crippen LogP contribution in [-0.4, -0.2) is 35.8 Å². The summed E-state index contributed by atoms with van der Waals surface area (Å²) < 4.78 is 0. The van der Waals surface area contributed by atoms with Gasteiger partial charge in [0.1, 0.15) is 0 Å². The molecule has 0 aliphatic heterocycles. The molecule has 3 N–H and O–H groups in total. The van der Waals surface area contributed by atoms with Crippen LogP contribution in [0.2, 0.25) is 0 Å². The summed E-state index contributed by atoms with van der Waals surface area (Å²) in [7, 11) is 0. The molecule has 0 fully saturated rings. The topological polar surface area (TPSA) is 74.2 Å². The molecule has 0 saturated carbocycles. The molecule has 0 aromatic carbocycles. The molecule has 0 radical (unpaired) electrons. The summed E-state index contributed by atoms with van der Waals surface area (Å²) in [5, 5.41) is 14.6. The van der Waals surface area contributed by atoms with Gasteiger partial charge in [-0.2, -0.15) is 0 Å². The smallest absolute Gasteiger partial charge is 0.314 e. The zero-order valence-electron chi connectivity index (χ0n) is 12.4. The van der Waals surface area contributed by atoms with E-state index >= 15 is 0 Å². The van der Waals surface area contributed by atoms with Gasteiger partial charge in [-0.1, -0.05) is 13.3 Å². The summed E-state index contributed by atoms with van der Waals surface area (Å²) in [4.78, 5) is 15.7. The van der Waals surface area contributed by atoms with Gasteiger partial charge in [-0.05, 0) is 42.9 Å². The molecule has 1 rings (SSSR count). The van der Waals surface area contributed by atoms with Gasteiger partial charge in [0, 0.05) is 32.1 Å². The second-order valence-electron chi connectivity index (χ2n) is 4.98. The number of aromatic nitrogens is 1. The van der Waals surface area contributed by atoms with Crippen molar-refractivity contribution in [2.75, 3.05) is 19.7 Å². The molecule has 5 heteroatoms. The molecule has 2 amide bonds. The fourth-order valence-electron chi connectivity index (χ4n) is 2.03. The normalized spacial score (nSPS) is 11.9. The second-order valence-corrected chi connectivity index (χ2v) is 4.98. The number of pyridine rings is 1. The highest BCUT2D eigenvalue weighted by atomic mass is 16.3. The maximum absolute atomic E-state index is 11.6. The van der Waals surface area contributed by atoms with E-state index in [1.54, 1.807) is 6.20 Å². The first kappa shape index (κ1) is 16.4. The van der Waals surface area contributed by atoms with Crippen molar-refractivity contribution in [1.29, 1.82) is 0 Å². The lowest BCUT2D eigenvalue weighted by atomic mass is 10.0. The van der Waals surface area contributed by atoms with Crippen molar-refractivity contribution in [2.45, 2.75) is 33.1 Å². The molecular formula is C15H25N3O2. The van der Waals surface area contributed by atoms with E-state index in [1.807, 2.05) is 19.2 Å². The van der Waals surface area contributed by atoms with Crippen LogP contribution >= 0.6 is 0 Å². The SMILES string of the molecule is CCC(CCO)CNC(=O)NCCc1ccncc1C.